The number of carbonyl (C=O) groups is 2. The number of esters is 1. The minimum atomic E-state index is -0.883. The number of carbonyl (C=O) groups excluding carboxylic acids is 2. The first-order chi connectivity index (χ1) is 11.2. The van der Waals surface area contributed by atoms with E-state index in [1.807, 2.05) is 13.8 Å². The number of nitrogens with zero attached hydrogens (tertiary/aromatic N) is 2. The third-order valence-corrected chi connectivity index (χ3v) is 5.66. The molecule has 0 bridgehead atoms. The van der Waals surface area contributed by atoms with Crippen molar-refractivity contribution in [2.24, 2.45) is 0 Å². The van der Waals surface area contributed by atoms with Crippen LogP contribution in [0.3, 0.4) is 0 Å². The Morgan fingerprint density at radius 3 is 2.25 bits per heavy atom. The van der Waals surface area contributed by atoms with Gasteiger partial charge < -0.3 is 9.64 Å². The van der Waals surface area contributed by atoms with Gasteiger partial charge >= 0.3 is 5.97 Å². The summed E-state index contributed by atoms with van der Waals surface area (Å²) in [7, 11) is 0. The smallest absolute Gasteiger partial charge is 0.359 e. The van der Waals surface area contributed by atoms with E-state index in [4.69, 9.17) is 51.1 Å². The summed E-state index contributed by atoms with van der Waals surface area (Å²) in [5.74, 6) is -1.14. The number of piperidine rings is 1. The lowest BCUT2D eigenvalue weighted by atomic mass is 9.97. The van der Waals surface area contributed by atoms with Crippen LogP contribution in [-0.2, 0) is 9.53 Å². The SMILES string of the molecule is C[C@@H]1CCC[C@@H](C)N1C(=O)COC(=O)c1nc(Cl)c(Cl)c(Cl)c1Cl. The van der Waals surface area contributed by atoms with E-state index in [0.717, 1.165) is 19.3 Å². The fourth-order valence-electron chi connectivity index (χ4n) is 2.81. The Morgan fingerprint density at radius 2 is 1.67 bits per heavy atom. The van der Waals surface area contributed by atoms with E-state index < -0.39 is 12.6 Å². The van der Waals surface area contributed by atoms with Gasteiger partial charge in [-0.15, -0.1) is 0 Å². The molecule has 0 N–H and O–H groups in total. The van der Waals surface area contributed by atoms with Crippen LogP contribution in [0.4, 0.5) is 0 Å². The van der Waals surface area contributed by atoms with Crippen molar-refractivity contribution >= 4 is 58.3 Å². The van der Waals surface area contributed by atoms with E-state index in [0.29, 0.717) is 0 Å². The second-order valence-corrected chi connectivity index (χ2v) is 7.19. The maximum Gasteiger partial charge on any atom is 0.359 e. The van der Waals surface area contributed by atoms with E-state index in [1.54, 1.807) is 4.90 Å². The predicted molar refractivity (Wildman–Crippen MR) is 94.2 cm³/mol. The largest absolute Gasteiger partial charge is 0.451 e. The van der Waals surface area contributed by atoms with Crippen LogP contribution in [-0.4, -0.2) is 40.5 Å². The van der Waals surface area contributed by atoms with Gasteiger partial charge in [0.15, 0.2) is 12.3 Å². The van der Waals surface area contributed by atoms with Crippen molar-refractivity contribution in [3.63, 3.8) is 0 Å². The summed E-state index contributed by atoms with van der Waals surface area (Å²) in [4.78, 5) is 30.0. The normalized spacial score (nSPS) is 20.8. The first-order valence-electron chi connectivity index (χ1n) is 7.42. The number of hydrogen-bond donors (Lipinski definition) is 0. The lowest BCUT2D eigenvalue weighted by molar-refractivity contribution is -0.140. The van der Waals surface area contributed by atoms with Gasteiger partial charge in [-0.1, -0.05) is 46.4 Å². The van der Waals surface area contributed by atoms with Gasteiger partial charge in [-0.25, -0.2) is 9.78 Å². The summed E-state index contributed by atoms with van der Waals surface area (Å²) in [6, 6.07) is 0.224. The molecule has 5 nitrogen and oxygen atoms in total. The van der Waals surface area contributed by atoms with Crippen LogP contribution in [0.1, 0.15) is 43.6 Å². The second kappa shape index (κ2) is 8.09. The van der Waals surface area contributed by atoms with Crippen molar-refractivity contribution in [2.75, 3.05) is 6.61 Å². The number of amides is 1. The molecule has 0 aromatic carbocycles. The Bertz CT molecular complexity index is 659. The van der Waals surface area contributed by atoms with Gasteiger partial charge in [0.1, 0.15) is 5.15 Å². The average Bonchev–Trinajstić information content (AvgIpc) is 2.53. The molecule has 2 rings (SSSR count). The maximum absolute atomic E-state index is 12.3. The lowest BCUT2D eigenvalue weighted by Gasteiger charge is -2.38. The molecule has 1 saturated heterocycles. The number of hydrogen-bond acceptors (Lipinski definition) is 4. The molecule has 0 saturated carbocycles. The van der Waals surface area contributed by atoms with Gasteiger partial charge in [-0.3, -0.25) is 4.79 Å². The Morgan fingerprint density at radius 1 is 1.08 bits per heavy atom. The third kappa shape index (κ3) is 4.07. The quantitative estimate of drug-likeness (QED) is 0.534. The lowest BCUT2D eigenvalue weighted by Crippen LogP contribution is -2.49. The van der Waals surface area contributed by atoms with Crippen molar-refractivity contribution in [3.8, 4) is 0 Å². The van der Waals surface area contributed by atoms with Gasteiger partial charge in [0.2, 0.25) is 0 Å². The standard InChI is InChI=1S/C15H16Cl4N2O3/c1-7-4-3-5-8(2)21(7)9(22)6-24-15(23)13-11(17)10(16)12(18)14(19)20-13/h7-8H,3-6H2,1-2H3/t7-,8-/m1/s1. The zero-order chi connectivity index (χ0) is 18.0. The maximum atomic E-state index is 12.3. The average molecular weight is 414 g/mol. The highest BCUT2D eigenvalue weighted by atomic mass is 35.5. The molecule has 0 unspecified atom stereocenters. The van der Waals surface area contributed by atoms with Crippen LogP contribution in [0.15, 0.2) is 0 Å². The van der Waals surface area contributed by atoms with Crippen molar-refractivity contribution in [1.29, 1.82) is 0 Å². The molecule has 0 spiro atoms. The van der Waals surface area contributed by atoms with E-state index >= 15 is 0 Å². The molecule has 132 valence electrons. The number of halogens is 4. The summed E-state index contributed by atoms with van der Waals surface area (Å²) in [5, 5.41) is -0.465. The number of ether oxygens (including phenoxy) is 1. The predicted octanol–water partition coefficient (Wildman–Crippen LogP) is 4.64. The molecular weight excluding hydrogens is 398 g/mol. The highest BCUT2D eigenvalue weighted by Crippen LogP contribution is 2.36. The number of pyridine rings is 1. The topological polar surface area (TPSA) is 59.5 Å². The molecule has 1 aliphatic rings. The third-order valence-electron chi connectivity index (χ3n) is 3.99. The minimum Gasteiger partial charge on any atom is -0.451 e. The Balaban J connectivity index is 2.07. The monoisotopic (exact) mass is 412 g/mol. The van der Waals surface area contributed by atoms with Gasteiger partial charge in [0, 0.05) is 12.1 Å². The van der Waals surface area contributed by atoms with E-state index in [-0.39, 0.29) is 43.9 Å². The number of likely N-dealkylation sites (tertiary alicyclic amines) is 1. The first kappa shape index (κ1) is 19.6. The van der Waals surface area contributed by atoms with Crippen LogP contribution in [0.25, 0.3) is 0 Å². The highest BCUT2D eigenvalue weighted by Gasteiger charge is 2.30. The van der Waals surface area contributed by atoms with Gasteiger partial charge in [0.05, 0.1) is 15.1 Å². The highest BCUT2D eigenvalue weighted by molar-refractivity contribution is 6.52. The molecule has 24 heavy (non-hydrogen) atoms. The Hall–Kier alpha value is -0.750. The Kier molecular flexibility index (Phi) is 6.59. The number of aromatic nitrogens is 1. The summed E-state index contributed by atoms with van der Waals surface area (Å²) in [5.41, 5.74) is -0.274. The summed E-state index contributed by atoms with van der Waals surface area (Å²) >= 11 is 23.4. The molecule has 1 aromatic heterocycles. The summed E-state index contributed by atoms with van der Waals surface area (Å²) in [6.07, 6.45) is 2.94. The molecule has 0 radical (unpaired) electrons. The van der Waals surface area contributed by atoms with Gasteiger partial charge in [-0.2, -0.15) is 0 Å². The van der Waals surface area contributed by atoms with Crippen LogP contribution in [0, 0.1) is 0 Å². The molecule has 2 heterocycles. The molecule has 0 aliphatic carbocycles. The van der Waals surface area contributed by atoms with Crippen LogP contribution in [0.5, 0.6) is 0 Å². The molecule has 1 fully saturated rings. The fourth-order valence-corrected chi connectivity index (χ4v) is 3.61. The molecule has 1 amide bonds. The molecule has 9 heteroatoms. The molecule has 1 aromatic rings. The van der Waals surface area contributed by atoms with Gasteiger partial charge in [-0.05, 0) is 33.1 Å². The Labute approximate surface area is 160 Å². The van der Waals surface area contributed by atoms with Crippen molar-refractivity contribution < 1.29 is 14.3 Å². The minimum absolute atomic E-state index is 0.0491. The van der Waals surface area contributed by atoms with E-state index in [1.165, 1.54) is 0 Å². The molecule has 2 atom stereocenters. The second-order valence-electron chi connectivity index (χ2n) is 5.70. The van der Waals surface area contributed by atoms with Crippen LogP contribution >= 0.6 is 46.4 Å². The zero-order valence-electron chi connectivity index (χ0n) is 13.1. The number of rotatable bonds is 3. The van der Waals surface area contributed by atoms with E-state index in [9.17, 15) is 9.59 Å². The van der Waals surface area contributed by atoms with Crippen molar-refractivity contribution in [2.45, 2.75) is 45.2 Å². The van der Waals surface area contributed by atoms with Crippen LogP contribution in [0.2, 0.25) is 20.2 Å². The zero-order valence-corrected chi connectivity index (χ0v) is 16.1. The molecular formula is C15H16Cl4N2O3. The summed E-state index contributed by atoms with van der Waals surface area (Å²) < 4.78 is 5.03. The first-order valence-corrected chi connectivity index (χ1v) is 8.93. The summed E-state index contributed by atoms with van der Waals surface area (Å²) in [6.45, 7) is 3.56. The van der Waals surface area contributed by atoms with Crippen molar-refractivity contribution in [3.05, 3.63) is 25.9 Å². The van der Waals surface area contributed by atoms with Crippen molar-refractivity contribution in [1.82, 2.24) is 9.88 Å². The van der Waals surface area contributed by atoms with Crippen LogP contribution < -0.4 is 0 Å². The van der Waals surface area contributed by atoms with Gasteiger partial charge in [0.25, 0.3) is 5.91 Å². The molecule has 1 aliphatic heterocycles. The fraction of sp³-hybridized carbons (Fsp3) is 0.533. The van der Waals surface area contributed by atoms with E-state index in [2.05, 4.69) is 4.98 Å².